The Hall–Kier alpha value is -1.47. The molecule has 19 heavy (non-hydrogen) atoms. The van der Waals surface area contributed by atoms with Crippen molar-refractivity contribution in [3.8, 4) is 0 Å². The van der Waals surface area contributed by atoms with Gasteiger partial charge >= 0.3 is 5.69 Å². The average Bonchev–Trinajstić information content (AvgIpc) is 2.62. The number of alkyl halides is 1. The molecule has 0 spiro atoms. The topological polar surface area (TPSA) is 84.3 Å². The molecular weight excluding hydrogens is 255 g/mol. The molecule has 1 aliphatic rings. The summed E-state index contributed by atoms with van der Waals surface area (Å²) in [5.74, 6) is 0. The molecule has 2 rings (SSSR count). The highest BCUT2D eigenvalue weighted by Crippen LogP contribution is 2.45. The van der Waals surface area contributed by atoms with Crippen LogP contribution in [-0.4, -0.2) is 32.5 Å². The van der Waals surface area contributed by atoms with Crippen LogP contribution in [0, 0.1) is 0 Å². The van der Waals surface area contributed by atoms with Crippen LogP contribution in [0.15, 0.2) is 21.9 Å². The highest BCUT2D eigenvalue weighted by Gasteiger charge is 2.53. The molecule has 0 amide bonds. The number of hydrogen-bond donors (Lipinski definition) is 2. The van der Waals surface area contributed by atoms with E-state index in [1.807, 2.05) is 0 Å². The molecule has 0 bridgehead atoms. The number of aliphatic hydroxyl groups is 1. The molecule has 1 fully saturated rings. The van der Waals surface area contributed by atoms with Crippen molar-refractivity contribution in [1.82, 2.24) is 9.55 Å². The van der Waals surface area contributed by atoms with Crippen LogP contribution in [0.5, 0.6) is 0 Å². The molecule has 2 heterocycles. The normalized spacial score (nSPS) is 34.6. The van der Waals surface area contributed by atoms with Crippen molar-refractivity contribution in [2.75, 3.05) is 6.67 Å². The molecule has 0 saturated carbocycles. The second-order valence-corrected chi connectivity index (χ2v) is 5.19. The summed E-state index contributed by atoms with van der Waals surface area (Å²) in [5.41, 5.74) is -3.71. The summed E-state index contributed by atoms with van der Waals surface area (Å²) in [6, 6.07) is 1.15. The monoisotopic (exact) mass is 272 g/mol. The summed E-state index contributed by atoms with van der Waals surface area (Å²) in [6.07, 6.45) is 0.689. The van der Waals surface area contributed by atoms with Gasteiger partial charge in [0.05, 0.1) is 0 Å². The van der Waals surface area contributed by atoms with Crippen LogP contribution < -0.4 is 11.2 Å². The van der Waals surface area contributed by atoms with E-state index < -0.39 is 35.4 Å². The van der Waals surface area contributed by atoms with Gasteiger partial charge in [-0.1, -0.05) is 6.92 Å². The van der Waals surface area contributed by atoms with Crippen molar-refractivity contribution in [1.29, 1.82) is 0 Å². The van der Waals surface area contributed by atoms with Gasteiger partial charge in [-0.15, -0.1) is 0 Å². The van der Waals surface area contributed by atoms with Crippen LogP contribution in [0.3, 0.4) is 0 Å². The minimum atomic E-state index is -1.38. The van der Waals surface area contributed by atoms with Gasteiger partial charge in [-0.2, -0.15) is 0 Å². The summed E-state index contributed by atoms with van der Waals surface area (Å²) in [7, 11) is 0. The molecule has 2 N–H and O–H groups in total. The minimum absolute atomic E-state index is 0.0865. The molecule has 3 unspecified atom stereocenters. The van der Waals surface area contributed by atoms with Gasteiger partial charge in [0.25, 0.3) is 5.56 Å². The number of halogens is 1. The number of H-pyrrole nitrogens is 1. The van der Waals surface area contributed by atoms with Crippen LogP contribution in [0.2, 0.25) is 0 Å². The van der Waals surface area contributed by atoms with Gasteiger partial charge in [0.15, 0.2) is 6.23 Å². The Labute approximate surface area is 108 Å². The predicted molar refractivity (Wildman–Crippen MR) is 65.7 cm³/mol. The lowest BCUT2D eigenvalue weighted by atomic mass is 9.90. The first-order valence-corrected chi connectivity index (χ1v) is 6.11. The van der Waals surface area contributed by atoms with E-state index in [1.54, 1.807) is 6.92 Å². The van der Waals surface area contributed by atoms with E-state index in [1.165, 1.54) is 13.1 Å². The maximum Gasteiger partial charge on any atom is 0.330 e. The van der Waals surface area contributed by atoms with Crippen LogP contribution in [0.1, 0.15) is 32.9 Å². The van der Waals surface area contributed by atoms with Gasteiger partial charge in [0.2, 0.25) is 0 Å². The quantitative estimate of drug-likeness (QED) is 0.830. The highest BCUT2D eigenvalue weighted by atomic mass is 19.1. The largest absolute Gasteiger partial charge is 0.385 e. The fourth-order valence-electron chi connectivity index (χ4n) is 2.49. The van der Waals surface area contributed by atoms with E-state index in [0.29, 0.717) is 6.42 Å². The van der Waals surface area contributed by atoms with Gasteiger partial charge in [-0.05, 0) is 13.3 Å². The number of aromatic nitrogens is 2. The number of hydrogen-bond acceptors (Lipinski definition) is 4. The molecule has 1 saturated heterocycles. The molecule has 1 aliphatic heterocycles. The smallest absolute Gasteiger partial charge is 0.330 e. The molecule has 106 valence electrons. The van der Waals surface area contributed by atoms with Crippen molar-refractivity contribution in [3.05, 3.63) is 33.1 Å². The van der Waals surface area contributed by atoms with Crippen LogP contribution in [0.25, 0.3) is 0 Å². The number of ether oxygens (including phenoxy) is 1. The fourth-order valence-corrected chi connectivity index (χ4v) is 2.49. The first-order valence-electron chi connectivity index (χ1n) is 6.11. The lowest BCUT2D eigenvalue weighted by molar-refractivity contribution is -0.120. The Morgan fingerprint density at radius 1 is 1.63 bits per heavy atom. The molecule has 1 aromatic rings. The number of rotatable bonds is 3. The number of aromatic amines is 1. The van der Waals surface area contributed by atoms with Crippen LogP contribution >= 0.6 is 0 Å². The zero-order valence-corrected chi connectivity index (χ0v) is 10.9. The maximum atomic E-state index is 13.2. The van der Waals surface area contributed by atoms with Crippen LogP contribution in [0.4, 0.5) is 4.39 Å². The van der Waals surface area contributed by atoms with Gasteiger partial charge in [-0.3, -0.25) is 14.3 Å². The second kappa shape index (κ2) is 4.57. The summed E-state index contributed by atoms with van der Waals surface area (Å²) >= 11 is 0. The highest BCUT2D eigenvalue weighted by molar-refractivity contribution is 5.01. The van der Waals surface area contributed by atoms with E-state index in [4.69, 9.17) is 4.74 Å². The molecule has 0 aliphatic carbocycles. The van der Waals surface area contributed by atoms with Gasteiger partial charge < -0.3 is 9.84 Å². The first kappa shape index (κ1) is 14.0. The summed E-state index contributed by atoms with van der Waals surface area (Å²) < 4.78 is 19.8. The van der Waals surface area contributed by atoms with Crippen molar-refractivity contribution >= 4 is 0 Å². The van der Waals surface area contributed by atoms with Crippen LogP contribution in [-0.2, 0) is 4.74 Å². The van der Waals surface area contributed by atoms with Crippen molar-refractivity contribution < 1.29 is 14.2 Å². The van der Waals surface area contributed by atoms with E-state index in [0.717, 1.165) is 10.6 Å². The van der Waals surface area contributed by atoms with Gasteiger partial charge in [0.1, 0.15) is 17.9 Å². The third-order valence-electron chi connectivity index (χ3n) is 3.57. The Morgan fingerprint density at radius 2 is 2.32 bits per heavy atom. The Bertz CT molecular complexity index is 574. The lowest BCUT2D eigenvalue weighted by Gasteiger charge is -2.25. The summed E-state index contributed by atoms with van der Waals surface area (Å²) in [4.78, 5) is 24.8. The molecule has 0 radical (unpaired) electrons. The van der Waals surface area contributed by atoms with Crippen molar-refractivity contribution in [2.24, 2.45) is 0 Å². The molecule has 6 nitrogen and oxygen atoms in total. The Kier molecular flexibility index (Phi) is 3.36. The van der Waals surface area contributed by atoms with Gasteiger partial charge in [-0.25, -0.2) is 9.18 Å². The average molecular weight is 272 g/mol. The molecule has 1 aromatic heterocycles. The van der Waals surface area contributed by atoms with E-state index in [-0.39, 0.29) is 6.42 Å². The number of nitrogens with zero attached hydrogens (tertiary/aromatic N) is 1. The predicted octanol–water partition coefficient (Wildman–Crippen LogP) is 0.325. The van der Waals surface area contributed by atoms with E-state index in [2.05, 4.69) is 4.98 Å². The minimum Gasteiger partial charge on any atom is -0.385 e. The Morgan fingerprint density at radius 3 is 2.79 bits per heavy atom. The zero-order chi connectivity index (χ0) is 14.3. The first-order chi connectivity index (χ1) is 8.83. The van der Waals surface area contributed by atoms with Crippen molar-refractivity contribution in [3.63, 3.8) is 0 Å². The molecule has 7 heteroatoms. The molecular formula is C12H17FN2O4. The fraction of sp³-hybridized carbons (Fsp3) is 0.667. The third-order valence-corrected chi connectivity index (χ3v) is 3.57. The summed E-state index contributed by atoms with van der Waals surface area (Å²) in [5, 5.41) is 10.4. The summed E-state index contributed by atoms with van der Waals surface area (Å²) in [6.45, 7) is 2.50. The van der Waals surface area contributed by atoms with Gasteiger partial charge in [0, 0.05) is 18.7 Å². The van der Waals surface area contributed by atoms with Crippen molar-refractivity contribution in [2.45, 2.75) is 44.1 Å². The SMILES string of the molecule is CCC1(CF)CC(C)(O)C(n2ccc(=O)[nH]c2=O)O1. The van der Waals surface area contributed by atoms with E-state index >= 15 is 0 Å². The molecule has 3 atom stereocenters. The third kappa shape index (κ3) is 2.35. The second-order valence-electron chi connectivity index (χ2n) is 5.19. The lowest BCUT2D eigenvalue weighted by Crippen LogP contribution is -2.40. The number of nitrogens with one attached hydrogen (secondary N) is 1. The Balaban J connectivity index is 2.45. The van der Waals surface area contributed by atoms with E-state index in [9.17, 15) is 19.1 Å². The zero-order valence-electron chi connectivity index (χ0n) is 10.9. The molecule has 0 aromatic carbocycles. The standard InChI is InChI=1S/C12H17FN2O4/c1-3-12(7-13)6-11(2,18)9(19-12)15-5-4-8(16)14-10(15)17/h4-5,9,18H,3,6-7H2,1-2H3,(H,14,16,17). The maximum absolute atomic E-state index is 13.2.